The predicted molar refractivity (Wildman–Crippen MR) is 83.6 cm³/mol. The summed E-state index contributed by atoms with van der Waals surface area (Å²) in [5, 5.41) is 7.23. The first-order valence-electron chi connectivity index (χ1n) is 7.03. The average Bonchev–Trinajstić information content (AvgIpc) is 3.06. The molecule has 0 fully saturated rings. The van der Waals surface area contributed by atoms with Gasteiger partial charge in [-0.25, -0.2) is 4.98 Å². The van der Waals surface area contributed by atoms with Crippen molar-refractivity contribution >= 4 is 23.5 Å². The third kappa shape index (κ3) is 5.07. The molecule has 1 unspecified atom stereocenters. The van der Waals surface area contributed by atoms with Gasteiger partial charge in [0.05, 0.1) is 26.1 Å². The maximum atomic E-state index is 12.1. The molecule has 0 spiro atoms. The number of nitrogens with one attached hydrogen (secondary N) is 1. The lowest BCUT2D eigenvalue weighted by Gasteiger charge is -2.19. The van der Waals surface area contributed by atoms with Crippen LogP contribution >= 0.6 is 11.6 Å². The smallest absolute Gasteiger partial charge is 0.307 e. The molecule has 1 aromatic carbocycles. The van der Waals surface area contributed by atoms with E-state index in [1.807, 2.05) is 0 Å². The first-order valence-corrected chi connectivity index (χ1v) is 7.41. The fraction of sp³-hybridized carbons (Fsp3) is 0.333. The summed E-state index contributed by atoms with van der Waals surface area (Å²) in [7, 11) is 1.30. The first-order chi connectivity index (χ1) is 11.1. The number of carbonyl (C=O) groups excluding carboxylic acids is 2. The number of hydrogen-bond acceptors (Lipinski definition) is 5. The van der Waals surface area contributed by atoms with Crippen LogP contribution in [0.4, 0.5) is 0 Å². The lowest BCUT2D eigenvalue weighted by Crippen LogP contribution is -2.31. The standard InChI is InChI=1S/C15H17ClN4O3/c1-23-15(22)8-13(11-4-2-3-5-12(11)16)19-14(21)6-7-20-10-17-9-18-20/h2-5,9-10,13H,6-8H2,1H3,(H,19,21). The minimum atomic E-state index is -0.542. The Bertz CT molecular complexity index is 661. The lowest BCUT2D eigenvalue weighted by molar-refractivity contribution is -0.141. The fourth-order valence-electron chi connectivity index (χ4n) is 2.08. The van der Waals surface area contributed by atoms with Gasteiger partial charge >= 0.3 is 5.97 Å². The van der Waals surface area contributed by atoms with Gasteiger partial charge in [-0.15, -0.1) is 0 Å². The van der Waals surface area contributed by atoms with Crippen LogP contribution in [0.2, 0.25) is 5.02 Å². The molecule has 0 aliphatic rings. The third-order valence-electron chi connectivity index (χ3n) is 3.25. The van der Waals surface area contributed by atoms with Crippen LogP contribution in [0.5, 0.6) is 0 Å². The van der Waals surface area contributed by atoms with Crippen molar-refractivity contribution in [2.45, 2.75) is 25.4 Å². The van der Waals surface area contributed by atoms with E-state index in [0.717, 1.165) is 0 Å². The third-order valence-corrected chi connectivity index (χ3v) is 3.59. The number of nitrogens with zero attached hydrogens (tertiary/aromatic N) is 3. The van der Waals surface area contributed by atoms with E-state index in [4.69, 9.17) is 11.6 Å². The van der Waals surface area contributed by atoms with Gasteiger partial charge in [0.1, 0.15) is 12.7 Å². The van der Waals surface area contributed by atoms with E-state index in [1.165, 1.54) is 19.8 Å². The molecule has 1 N–H and O–H groups in total. The summed E-state index contributed by atoms with van der Waals surface area (Å²) in [5.74, 6) is -0.638. The highest BCUT2D eigenvalue weighted by atomic mass is 35.5. The number of aromatic nitrogens is 3. The van der Waals surface area contributed by atoms with Crippen molar-refractivity contribution in [2.75, 3.05) is 7.11 Å². The highest BCUT2D eigenvalue weighted by Gasteiger charge is 2.20. The van der Waals surface area contributed by atoms with Gasteiger partial charge in [-0.2, -0.15) is 5.10 Å². The molecule has 1 aromatic heterocycles. The van der Waals surface area contributed by atoms with Gasteiger partial charge in [-0.05, 0) is 11.6 Å². The normalized spacial score (nSPS) is 11.7. The van der Waals surface area contributed by atoms with Gasteiger partial charge in [-0.1, -0.05) is 29.8 Å². The van der Waals surface area contributed by atoms with Crippen molar-refractivity contribution in [3.8, 4) is 0 Å². The fourth-order valence-corrected chi connectivity index (χ4v) is 2.34. The van der Waals surface area contributed by atoms with Crippen molar-refractivity contribution < 1.29 is 14.3 Å². The summed E-state index contributed by atoms with van der Waals surface area (Å²) in [4.78, 5) is 27.5. The Labute approximate surface area is 138 Å². The maximum Gasteiger partial charge on any atom is 0.307 e. The van der Waals surface area contributed by atoms with E-state index in [0.29, 0.717) is 17.1 Å². The van der Waals surface area contributed by atoms with E-state index >= 15 is 0 Å². The van der Waals surface area contributed by atoms with Crippen LogP contribution in [-0.2, 0) is 20.9 Å². The molecule has 1 amide bonds. The van der Waals surface area contributed by atoms with E-state index in [-0.39, 0.29) is 18.7 Å². The van der Waals surface area contributed by atoms with Gasteiger partial charge in [-0.3, -0.25) is 14.3 Å². The van der Waals surface area contributed by atoms with Crippen LogP contribution in [0.1, 0.15) is 24.4 Å². The number of halogens is 1. The molecule has 2 aromatic rings. The van der Waals surface area contributed by atoms with Crippen molar-refractivity contribution in [1.82, 2.24) is 20.1 Å². The number of methoxy groups -OCH3 is 1. The second kappa shape index (κ2) is 8.28. The Morgan fingerprint density at radius 3 is 2.83 bits per heavy atom. The summed E-state index contributed by atoms with van der Waals surface area (Å²) in [5.41, 5.74) is 0.675. The van der Waals surface area contributed by atoms with Gasteiger partial charge in [0.2, 0.25) is 5.91 Å². The Morgan fingerprint density at radius 2 is 2.17 bits per heavy atom. The van der Waals surface area contributed by atoms with Crippen LogP contribution in [0.25, 0.3) is 0 Å². The number of ether oxygens (including phenoxy) is 1. The number of rotatable bonds is 7. The van der Waals surface area contributed by atoms with E-state index < -0.39 is 12.0 Å². The predicted octanol–water partition coefficient (Wildman–Crippen LogP) is 1.74. The zero-order valence-electron chi connectivity index (χ0n) is 12.6. The highest BCUT2D eigenvalue weighted by molar-refractivity contribution is 6.31. The second-order valence-corrected chi connectivity index (χ2v) is 5.24. The monoisotopic (exact) mass is 336 g/mol. The van der Waals surface area contributed by atoms with Gasteiger partial charge in [0.15, 0.2) is 0 Å². The lowest BCUT2D eigenvalue weighted by atomic mass is 10.0. The van der Waals surface area contributed by atoms with Crippen molar-refractivity contribution in [3.05, 3.63) is 47.5 Å². The summed E-state index contributed by atoms with van der Waals surface area (Å²) in [6, 6.07) is 6.52. The largest absolute Gasteiger partial charge is 0.469 e. The quantitative estimate of drug-likeness (QED) is 0.778. The molecular formula is C15H17ClN4O3. The molecule has 8 heteroatoms. The second-order valence-electron chi connectivity index (χ2n) is 4.83. The highest BCUT2D eigenvalue weighted by Crippen LogP contribution is 2.25. The van der Waals surface area contributed by atoms with Gasteiger partial charge in [0, 0.05) is 11.4 Å². The van der Waals surface area contributed by atoms with Gasteiger partial charge < -0.3 is 10.1 Å². The molecule has 0 bridgehead atoms. The minimum Gasteiger partial charge on any atom is -0.469 e. The van der Waals surface area contributed by atoms with Crippen molar-refractivity contribution in [3.63, 3.8) is 0 Å². The summed E-state index contributed by atoms with van der Waals surface area (Å²) in [6.07, 6.45) is 3.16. The molecular weight excluding hydrogens is 320 g/mol. The first kappa shape index (κ1) is 17.0. The molecule has 122 valence electrons. The average molecular weight is 337 g/mol. The zero-order chi connectivity index (χ0) is 16.7. The SMILES string of the molecule is COC(=O)CC(NC(=O)CCn1cncn1)c1ccccc1Cl. The molecule has 1 atom stereocenters. The molecule has 0 aliphatic heterocycles. The number of aryl methyl sites for hydroxylation is 1. The van der Waals surface area contributed by atoms with Gasteiger partial charge in [0.25, 0.3) is 0 Å². The van der Waals surface area contributed by atoms with E-state index in [9.17, 15) is 9.59 Å². The summed E-state index contributed by atoms with van der Waals surface area (Å²) >= 11 is 6.16. The molecule has 0 saturated heterocycles. The van der Waals surface area contributed by atoms with E-state index in [2.05, 4.69) is 20.1 Å². The molecule has 0 aliphatic carbocycles. The molecule has 1 heterocycles. The Morgan fingerprint density at radius 1 is 1.39 bits per heavy atom. The van der Waals surface area contributed by atoms with E-state index in [1.54, 1.807) is 28.9 Å². The summed E-state index contributed by atoms with van der Waals surface area (Å²) in [6.45, 7) is 0.402. The topological polar surface area (TPSA) is 86.1 Å². The summed E-state index contributed by atoms with van der Waals surface area (Å²) < 4.78 is 6.25. The number of benzene rings is 1. The molecule has 0 saturated carbocycles. The minimum absolute atomic E-state index is 0.00922. The molecule has 0 radical (unpaired) electrons. The van der Waals surface area contributed by atoms with Crippen molar-refractivity contribution in [2.24, 2.45) is 0 Å². The number of hydrogen-bond donors (Lipinski definition) is 1. The maximum absolute atomic E-state index is 12.1. The van der Waals surface area contributed by atoms with Crippen LogP contribution in [0.3, 0.4) is 0 Å². The number of carbonyl (C=O) groups is 2. The number of amides is 1. The Hall–Kier alpha value is -2.41. The zero-order valence-corrected chi connectivity index (χ0v) is 13.4. The molecule has 7 nitrogen and oxygen atoms in total. The van der Waals surface area contributed by atoms with Crippen LogP contribution < -0.4 is 5.32 Å². The number of esters is 1. The van der Waals surface area contributed by atoms with Crippen LogP contribution in [0.15, 0.2) is 36.9 Å². The molecule has 23 heavy (non-hydrogen) atoms. The Balaban J connectivity index is 2.03. The Kier molecular flexibility index (Phi) is 6.10. The van der Waals surface area contributed by atoms with Crippen LogP contribution in [-0.4, -0.2) is 33.8 Å². The molecule has 2 rings (SSSR count). The van der Waals surface area contributed by atoms with Crippen LogP contribution in [0, 0.1) is 0 Å². The van der Waals surface area contributed by atoms with Crippen molar-refractivity contribution in [1.29, 1.82) is 0 Å².